The van der Waals surface area contributed by atoms with Crippen molar-refractivity contribution in [1.82, 2.24) is 4.90 Å². The van der Waals surface area contributed by atoms with Crippen molar-refractivity contribution in [3.05, 3.63) is 29.8 Å². The van der Waals surface area contributed by atoms with Gasteiger partial charge in [-0.3, -0.25) is 4.79 Å². The lowest BCUT2D eigenvalue weighted by molar-refractivity contribution is -0.150. The highest BCUT2D eigenvalue weighted by atomic mass is 16.4. The van der Waals surface area contributed by atoms with Crippen LogP contribution in [0.1, 0.15) is 25.3 Å². The van der Waals surface area contributed by atoms with Gasteiger partial charge in [-0.1, -0.05) is 0 Å². The maximum absolute atomic E-state index is 12.1. The summed E-state index contributed by atoms with van der Waals surface area (Å²) < 4.78 is 0. The number of carboxylic acid groups (broad SMARTS) is 1. The summed E-state index contributed by atoms with van der Waals surface area (Å²) in [4.78, 5) is 24.9. The average Bonchev–Trinajstić information content (AvgIpc) is 2.48. The van der Waals surface area contributed by atoms with E-state index in [1.807, 2.05) is 6.07 Å². The molecule has 0 bridgehead atoms. The Balaban J connectivity index is 1.93. The van der Waals surface area contributed by atoms with Gasteiger partial charge in [-0.2, -0.15) is 5.26 Å². The van der Waals surface area contributed by atoms with Crippen molar-refractivity contribution in [2.45, 2.75) is 19.8 Å². The predicted octanol–water partition coefficient (Wildman–Crippen LogP) is 2.28. The van der Waals surface area contributed by atoms with Crippen LogP contribution < -0.4 is 5.32 Å². The number of likely N-dealkylation sites (tertiary alicyclic amines) is 1. The van der Waals surface area contributed by atoms with Crippen LogP contribution in [0.3, 0.4) is 0 Å². The lowest BCUT2D eigenvalue weighted by Gasteiger charge is -2.36. The third-order valence-electron chi connectivity index (χ3n) is 3.94. The number of benzene rings is 1. The van der Waals surface area contributed by atoms with Crippen molar-refractivity contribution in [2.75, 3.05) is 18.4 Å². The van der Waals surface area contributed by atoms with Crippen LogP contribution in [0.15, 0.2) is 24.3 Å². The molecule has 6 nitrogen and oxygen atoms in total. The quantitative estimate of drug-likeness (QED) is 0.872. The van der Waals surface area contributed by atoms with Gasteiger partial charge in [0, 0.05) is 18.8 Å². The Morgan fingerprint density at radius 3 is 2.33 bits per heavy atom. The molecular formula is C15H17N3O3. The largest absolute Gasteiger partial charge is 0.481 e. The molecule has 0 aromatic heterocycles. The van der Waals surface area contributed by atoms with E-state index in [1.165, 1.54) is 0 Å². The van der Waals surface area contributed by atoms with Gasteiger partial charge in [0.05, 0.1) is 17.0 Å². The summed E-state index contributed by atoms with van der Waals surface area (Å²) >= 11 is 0. The number of nitrogens with one attached hydrogen (secondary N) is 1. The Morgan fingerprint density at radius 1 is 1.29 bits per heavy atom. The number of rotatable bonds is 2. The second-order valence-electron chi connectivity index (χ2n) is 5.47. The maximum atomic E-state index is 12.1. The zero-order valence-electron chi connectivity index (χ0n) is 11.8. The number of urea groups is 1. The molecule has 1 saturated heterocycles. The molecule has 0 saturated carbocycles. The summed E-state index contributed by atoms with van der Waals surface area (Å²) in [5.41, 5.74) is 0.402. The summed E-state index contributed by atoms with van der Waals surface area (Å²) in [6.07, 6.45) is 0.895. The van der Waals surface area contributed by atoms with Crippen LogP contribution in [-0.4, -0.2) is 35.1 Å². The van der Waals surface area contributed by atoms with E-state index in [4.69, 9.17) is 10.4 Å². The van der Waals surface area contributed by atoms with Gasteiger partial charge in [0.2, 0.25) is 0 Å². The zero-order chi connectivity index (χ0) is 15.5. The van der Waals surface area contributed by atoms with Crippen molar-refractivity contribution in [3.8, 4) is 6.07 Å². The fraction of sp³-hybridized carbons (Fsp3) is 0.400. The Labute approximate surface area is 123 Å². The number of piperidine rings is 1. The topological polar surface area (TPSA) is 93.4 Å². The van der Waals surface area contributed by atoms with Gasteiger partial charge in [-0.05, 0) is 44.0 Å². The summed E-state index contributed by atoms with van der Waals surface area (Å²) in [6.45, 7) is 2.56. The standard InChI is InChI=1S/C15H17N3O3/c1-15(13(19)20)6-8-18(9-7-15)14(21)17-12-4-2-11(10-16)3-5-12/h2-5H,6-9H2,1H3,(H,17,21)(H,19,20). The minimum absolute atomic E-state index is 0.243. The monoisotopic (exact) mass is 287 g/mol. The average molecular weight is 287 g/mol. The van der Waals surface area contributed by atoms with Crippen molar-refractivity contribution < 1.29 is 14.7 Å². The second-order valence-corrected chi connectivity index (χ2v) is 5.47. The molecule has 0 spiro atoms. The van der Waals surface area contributed by atoms with Crippen molar-refractivity contribution in [2.24, 2.45) is 5.41 Å². The molecular weight excluding hydrogens is 270 g/mol. The van der Waals surface area contributed by atoms with Crippen LogP contribution >= 0.6 is 0 Å². The lowest BCUT2D eigenvalue weighted by atomic mass is 9.80. The normalized spacial score (nSPS) is 16.9. The molecule has 1 aromatic carbocycles. The van der Waals surface area contributed by atoms with Gasteiger partial charge in [0.1, 0.15) is 0 Å². The zero-order valence-corrected chi connectivity index (χ0v) is 11.8. The first-order valence-corrected chi connectivity index (χ1v) is 6.74. The predicted molar refractivity (Wildman–Crippen MR) is 76.7 cm³/mol. The molecule has 1 heterocycles. The minimum atomic E-state index is -0.811. The Kier molecular flexibility index (Phi) is 4.13. The molecule has 1 aromatic rings. The summed E-state index contributed by atoms with van der Waals surface area (Å²) in [5.74, 6) is -0.811. The van der Waals surface area contributed by atoms with E-state index in [2.05, 4.69) is 5.32 Å². The van der Waals surface area contributed by atoms with E-state index in [0.717, 1.165) is 0 Å². The number of anilines is 1. The lowest BCUT2D eigenvalue weighted by Crippen LogP contribution is -2.46. The molecule has 1 fully saturated rings. The molecule has 2 N–H and O–H groups in total. The minimum Gasteiger partial charge on any atom is -0.481 e. The number of hydrogen-bond donors (Lipinski definition) is 2. The molecule has 0 aliphatic carbocycles. The molecule has 0 radical (unpaired) electrons. The fourth-order valence-electron chi connectivity index (χ4n) is 2.25. The molecule has 21 heavy (non-hydrogen) atoms. The number of carbonyl (C=O) groups is 2. The fourth-order valence-corrected chi connectivity index (χ4v) is 2.25. The van der Waals surface area contributed by atoms with Gasteiger partial charge in [0.15, 0.2) is 0 Å². The van der Waals surface area contributed by atoms with Crippen LogP contribution in [0.25, 0.3) is 0 Å². The van der Waals surface area contributed by atoms with Crippen molar-refractivity contribution in [1.29, 1.82) is 5.26 Å². The Morgan fingerprint density at radius 2 is 1.86 bits per heavy atom. The third-order valence-corrected chi connectivity index (χ3v) is 3.94. The summed E-state index contributed by atoms with van der Waals surface area (Å²) in [5, 5.41) is 20.6. The summed E-state index contributed by atoms with van der Waals surface area (Å²) in [7, 11) is 0. The number of nitrogens with zero attached hydrogens (tertiary/aromatic N) is 2. The van der Waals surface area contributed by atoms with Crippen LogP contribution in [-0.2, 0) is 4.79 Å². The smallest absolute Gasteiger partial charge is 0.321 e. The van der Waals surface area contributed by atoms with E-state index in [-0.39, 0.29) is 6.03 Å². The first-order chi connectivity index (χ1) is 9.94. The molecule has 0 unspecified atom stereocenters. The first kappa shape index (κ1) is 14.9. The van der Waals surface area contributed by atoms with Crippen molar-refractivity contribution in [3.63, 3.8) is 0 Å². The first-order valence-electron chi connectivity index (χ1n) is 6.74. The van der Waals surface area contributed by atoms with Crippen LogP contribution in [0.2, 0.25) is 0 Å². The second kappa shape index (κ2) is 5.83. The molecule has 0 atom stereocenters. The third kappa shape index (κ3) is 3.31. The number of nitriles is 1. The van der Waals surface area contributed by atoms with E-state index in [1.54, 1.807) is 36.1 Å². The SMILES string of the molecule is CC1(C(=O)O)CCN(C(=O)Nc2ccc(C#N)cc2)CC1. The van der Waals surface area contributed by atoms with E-state index in [0.29, 0.717) is 37.2 Å². The van der Waals surface area contributed by atoms with Gasteiger partial charge in [-0.25, -0.2) is 4.79 Å². The van der Waals surface area contributed by atoms with Gasteiger partial charge < -0.3 is 15.3 Å². The van der Waals surface area contributed by atoms with Gasteiger partial charge in [0.25, 0.3) is 0 Å². The Hall–Kier alpha value is -2.55. The van der Waals surface area contributed by atoms with Crippen molar-refractivity contribution >= 4 is 17.7 Å². The maximum Gasteiger partial charge on any atom is 0.321 e. The van der Waals surface area contributed by atoms with Crippen LogP contribution in [0.5, 0.6) is 0 Å². The highest BCUT2D eigenvalue weighted by molar-refractivity contribution is 5.89. The van der Waals surface area contributed by atoms with Gasteiger partial charge in [-0.15, -0.1) is 0 Å². The van der Waals surface area contributed by atoms with E-state index >= 15 is 0 Å². The highest BCUT2D eigenvalue weighted by Crippen LogP contribution is 2.31. The number of aliphatic carboxylic acids is 1. The molecule has 2 rings (SSSR count). The number of hydrogen-bond acceptors (Lipinski definition) is 3. The molecule has 6 heteroatoms. The van der Waals surface area contributed by atoms with Gasteiger partial charge >= 0.3 is 12.0 Å². The summed E-state index contributed by atoms with van der Waals surface area (Å²) in [6, 6.07) is 8.37. The number of carboxylic acids is 1. The number of amides is 2. The van der Waals surface area contributed by atoms with E-state index in [9.17, 15) is 9.59 Å². The molecule has 110 valence electrons. The molecule has 1 aliphatic heterocycles. The molecule has 2 amide bonds. The number of carbonyl (C=O) groups excluding carboxylic acids is 1. The van der Waals surface area contributed by atoms with Crippen LogP contribution in [0, 0.1) is 16.7 Å². The Bertz CT molecular complexity index is 581. The van der Waals surface area contributed by atoms with Crippen LogP contribution in [0.4, 0.5) is 10.5 Å². The van der Waals surface area contributed by atoms with E-state index < -0.39 is 11.4 Å². The molecule has 1 aliphatic rings. The highest BCUT2D eigenvalue weighted by Gasteiger charge is 2.37.